The maximum Gasteiger partial charge on any atom is 0.119 e. The van der Waals surface area contributed by atoms with Crippen LogP contribution < -0.4 is 10.1 Å². The highest BCUT2D eigenvalue weighted by Crippen LogP contribution is 2.22. The van der Waals surface area contributed by atoms with E-state index in [1.54, 1.807) is 0 Å². The first kappa shape index (κ1) is 11.7. The zero-order valence-electron chi connectivity index (χ0n) is 10.2. The molecule has 90 valence electrons. The predicted octanol–water partition coefficient (Wildman–Crippen LogP) is 2.72. The molecule has 1 aromatic heterocycles. The molecule has 3 heteroatoms. The maximum atomic E-state index is 5.44. The molecule has 0 aliphatic heterocycles. The summed E-state index contributed by atoms with van der Waals surface area (Å²) < 4.78 is 5.44. The normalized spacial score (nSPS) is 12.4. The first-order chi connectivity index (χ1) is 8.35. The van der Waals surface area contributed by atoms with Gasteiger partial charge < -0.3 is 15.0 Å². The molecule has 17 heavy (non-hydrogen) atoms. The lowest BCUT2D eigenvalue weighted by Gasteiger charge is -2.15. The van der Waals surface area contributed by atoms with Crippen molar-refractivity contribution in [1.29, 1.82) is 0 Å². The standard InChI is InChI=1S/C14H18N2O/c1-3-17-12-8-6-11(7-9-12)14(15-2)13-5-4-10-16-13/h4-10,14-16H,3H2,1-2H3. The third-order valence-corrected chi connectivity index (χ3v) is 2.75. The van der Waals surface area contributed by atoms with Gasteiger partial charge in [0.25, 0.3) is 0 Å². The highest BCUT2D eigenvalue weighted by atomic mass is 16.5. The molecule has 0 radical (unpaired) electrons. The van der Waals surface area contributed by atoms with Crippen LogP contribution in [0.15, 0.2) is 42.6 Å². The number of ether oxygens (including phenoxy) is 1. The van der Waals surface area contributed by atoms with E-state index in [1.165, 1.54) is 5.56 Å². The zero-order chi connectivity index (χ0) is 12.1. The minimum absolute atomic E-state index is 0.195. The molecule has 3 nitrogen and oxygen atoms in total. The minimum atomic E-state index is 0.195. The van der Waals surface area contributed by atoms with Gasteiger partial charge in [0.2, 0.25) is 0 Å². The van der Waals surface area contributed by atoms with Crippen molar-refractivity contribution in [3.63, 3.8) is 0 Å². The molecule has 1 aromatic carbocycles. The van der Waals surface area contributed by atoms with Crippen LogP contribution in [0, 0.1) is 0 Å². The molecule has 0 spiro atoms. The Labute approximate surface area is 102 Å². The van der Waals surface area contributed by atoms with Gasteiger partial charge in [0.05, 0.1) is 12.6 Å². The second-order valence-corrected chi connectivity index (χ2v) is 3.85. The summed E-state index contributed by atoms with van der Waals surface area (Å²) in [6, 6.07) is 12.5. The van der Waals surface area contributed by atoms with E-state index >= 15 is 0 Å². The molecule has 0 aliphatic carbocycles. The van der Waals surface area contributed by atoms with Gasteiger partial charge in [0.15, 0.2) is 0 Å². The number of aromatic amines is 1. The smallest absolute Gasteiger partial charge is 0.119 e. The van der Waals surface area contributed by atoms with Crippen molar-refractivity contribution in [2.45, 2.75) is 13.0 Å². The SMILES string of the molecule is CCOc1ccc(C(NC)c2ccc[nH]2)cc1. The quantitative estimate of drug-likeness (QED) is 0.828. The van der Waals surface area contributed by atoms with Crippen LogP contribution >= 0.6 is 0 Å². The molecule has 0 amide bonds. The average molecular weight is 230 g/mol. The lowest BCUT2D eigenvalue weighted by Crippen LogP contribution is -2.17. The van der Waals surface area contributed by atoms with Gasteiger partial charge in [-0.05, 0) is 43.8 Å². The van der Waals surface area contributed by atoms with E-state index in [4.69, 9.17) is 4.74 Å². The molecule has 2 rings (SSSR count). The van der Waals surface area contributed by atoms with Gasteiger partial charge in [-0.25, -0.2) is 0 Å². The number of benzene rings is 1. The van der Waals surface area contributed by atoms with Crippen LogP contribution in [0.5, 0.6) is 5.75 Å². The highest BCUT2D eigenvalue weighted by Gasteiger charge is 2.12. The number of hydrogen-bond acceptors (Lipinski definition) is 2. The van der Waals surface area contributed by atoms with Gasteiger partial charge in [-0.1, -0.05) is 12.1 Å². The van der Waals surface area contributed by atoms with Crippen molar-refractivity contribution in [2.24, 2.45) is 0 Å². The van der Waals surface area contributed by atoms with Crippen LogP contribution in [-0.4, -0.2) is 18.6 Å². The Hall–Kier alpha value is -1.74. The number of aromatic nitrogens is 1. The molecule has 0 aliphatic rings. The van der Waals surface area contributed by atoms with Crippen LogP contribution in [0.4, 0.5) is 0 Å². The summed E-state index contributed by atoms with van der Waals surface area (Å²) in [7, 11) is 1.96. The Morgan fingerprint density at radius 2 is 2.00 bits per heavy atom. The largest absolute Gasteiger partial charge is 0.494 e. The third kappa shape index (κ3) is 2.68. The van der Waals surface area contributed by atoms with Crippen LogP contribution in [0.1, 0.15) is 24.2 Å². The summed E-state index contributed by atoms with van der Waals surface area (Å²) >= 11 is 0. The maximum absolute atomic E-state index is 5.44. The lowest BCUT2D eigenvalue weighted by atomic mass is 10.0. The van der Waals surface area contributed by atoms with Gasteiger partial charge in [0, 0.05) is 11.9 Å². The molecule has 2 aromatic rings. The molecule has 2 N–H and O–H groups in total. The van der Waals surface area contributed by atoms with Crippen LogP contribution in [0.3, 0.4) is 0 Å². The fraction of sp³-hybridized carbons (Fsp3) is 0.286. The van der Waals surface area contributed by atoms with Crippen molar-refractivity contribution in [1.82, 2.24) is 10.3 Å². The third-order valence-electron chi connectivity index (χ3n) is 2.75. The molecule has 1 heterocycles. The highest BCUT2D eigenvalue weighted by molar-refractivity contribution is 5.33. The van der Waals surface area contributed by atoms with Gasteiger partial charge in [0.1, 0.15) is 5.75 Å². The summed E-state index contributed by atoms with van der Waals surface area (Å²) in [5, 5.41) is 3.30. The Balaban J connectivity index is 2.20. The van der Waals surface area contributed by atoms with E-state index in [0.717, 1.165) is 11.4 Å². The lowest BCUT2D eigenvalue weighted by molar-refractivity contribution is 0.340. The van der Waals surface area contributed by atoms with Gasteiger partial charge in [-0.2, -0.15) is 0 Å². The van der Waals surface area contributed by atoms with Crippen molar-refractivity contribution >= 4 is 0 Å². The van der Waals surface area contributed by atoms with E-state index in [1.807, 2.05) is 38.4 Å². The topological polar surface area (TPSA) is 37.0 Å². The number of hydrogen-bond donors (Lipinski definition) is 2. The molecule has 0 fully saturated rings. The summed E-state index contributed by atoms with van der Waals surface area (Å²) in [5.74, 6) is 0.914. The Kier molecular flexibility index (Phi) is 3.83. The van der Waals surface area contributed by atoms with Crippen LogP contribution in [0.25, 0.3) is 0 Å². The summed E-state index contributed by atoms with van der Waals surface area (Å²) in [4.78, 5) is 3.23. The van der Waals surface area contributed by atoms with Crippen molar-refractivity contribution < 1.29 is 4.74 Å². The minimum Gasteiger partial charge on any atom is -0.494 e. The van der Waals surface area contributed by atoms with E-state index in [0.29, 0.717) is 6.61 Å². The molecule has 0 saturated heterocycles. The fourth-order valence-electron chi connectivity index (χ4n) is 1.95. The van der Waals surface area contributed by atoms with Gasteiger partial charge in [-0.15, -0.1) is 0 Å². The number of H-pyrrole nitrogens is 1. The first-order valence-corrected chi connectivity index (χ1v) is 5.88. The molecule has 1 atom stereocenters. The summed E-state index contributed by atoms with van der Waals surface area (Å²) in [6.45, 7) is 2.69. The van der Waals surface area contributed by atoms with E-state index in [-0.39, 0.29) is 6.04 Å². The Bertz CT molecular complexity index is 434. The Morgan fingerprint density at radius 3 is 2.53 bits per heavy atom. The van der Waals surface area contributed by atoms with Crippen molar-refractivity contribution in [2.75, 3.05) is 13.7 Å². The second-order valence-electron chi connectivity index (χ2n) is 3.85. The second kappa shape index (κ2) is 5.55. The summed E-state index contributed by atoms with van der Waals surface area (Å²) in [6.07, 6.45) is 1.94. The molecule has 0 saturated carbocycles. The average Bonchev–Trinajstić information content (AvgIpc) is 2.86. The fourth-order valence-corrected chi connectivity index (χ4v) is 1.95. The zero-order valence-corrected chi connectivity index (χ0v) is 10.2. The van der Waals surface area contributed by atoms with Gasteiger partial charge >= 0.3 is 0 Å². The van der Waals surface area contributed by atoms with Crippen molar-refractivity contribution in [3.05, 3.63) is 53.9 Å². The van der Waals surface area contributed by atoms with Crippen LogP contribution in [-0.2, 0) is 0 Å². The monoisotopic (exact) mass is 230 g/mol. The first-order valence-electron chi connectivity index (χ1n) is 5.88. The predicted molar refractivity (Wildman–Crippen MR) is 69.3 cm³/mol. The van der Waals surface area contributed by atoms with Gasteiger partial charge in [-0.3, -0.25) is 0 Å². The van der Waals surface area contributed by atoms with Crippen molar-refractivity contribution in [3.8, 4) is 5.75 Å². The number of rotatable bonds is 5. The molecular weight excluding hydrogens is 212 g/mol. The van der Waals surface area contributed by atoms with E-state index < -0.39 is 0 Å². The Morgan fingerprint density at radius 1 is 1.24 bits per heavy atom. The molecule has 0 bridgehead atoms. The van der Waals surface area contributed by atoms with E-state index in [9.17, 15) is 0 Å². The summed E-state index contributed by atoms with van der Waals surface area (Å²) in [5.41, 5.74) is 2.38. The molecule has 1 unspecified atom stereocenters. The molecular formula is C14H18N2O. The van der Waals surface area contributed by atoms with E-state index in [2.05, 4.69) is 28.5 Å². The van der Waals surface area contributed by atoms with Crippen LogP contribution in [0.2, 0.25) is 0 Å². The number of nitrogens with one attached hydrogen (secondary N) is 2.